The lowest BCUT2D eigenvalue weighted by Crippen LogP contribution is -2.59. The fraction of sp³-hybridized carbons (Fsp3) is 0.667. The van der Waals surface area contributed by atoms with Gasteiger partial charge in [0.05, 0.1) is 12.6 Å². The Morgan fingerprint density at radius 2 is 1.70 bits per heavy atom. The molecular formula is C30H47N5O7Si. The molecule has 13 heteroatoms. The van der Waals surface area contributed by atoms with E-state index in [0.29, 0.717) is 13.0 Å². The van der Waals surface area contributed by atoms with Gasteiger partial charge in [-0.2, -0.15) is 5.06 Å². The molecule has 2 bridgehead atoms. The lowest BCUT2D eigenvalue weighted by atomic mass is 9.85. The van der Waals surface area contributed by atoms with Gasteiger partial charge in [0.1, 0.15) is 24.4 Å². The minimum atomic E-state index is -2.45. The van der Waals surface area contributed by atoms with Crippen LogP contribution in [0.2, 0.25) is 18.1 Å². The highest BCUT2D eigenvalue weighted by molar-refractivity contribution is 6.74. The van der Waals surface area contributed by atoms with Crippen LogP contribution in [0, 0.1) is 5.41 Å². The third-order valence-corrected chi connectivity index (χ3v) is 13.3. The summed E-state index contributed by atoms with van der Waals surface area (Å²) in [6, 6.07) is 8.40. The Morgan fingerprint density at radius 1 is 1.05 bits per heavy atom. The molecule has 1 aromatic carbocycles. The van der Waals surface area contributed by atoms with Gasteiger partial charge < -0.3 is 19.4 Å². The number of rotatable bonds is 9. The molecule has 1 saturated carbocycles. The number of urea groups is 1. The predicted octanol–water partition coefficient (Wildman–Crippen LogP) is 3.84. The van der Waals surface area contributed by atoms with Gasteiger partial charge in [-0.25, -0.2) is 9.59 Å². The van der Waals surface area contributed by atoms with E-state index in [1.807, 2.05) is 64.2 Å². The Morgan fingerprint density at radius 3 is 2.28 bits per heavy atom. The summed E-state index contributed by atoms with van der Waals surface area (Å²) in [5, 5.41) is 3.85. The van der Waals surface area contributed by atoms with Gasteiger partial charge in [0.15, 0.2) is 8.32 Å². The number of ether oxygens (including phenoxy) is 1. The van der Waals surface area contributed by atoms with Gasteiger partial charge in [-0.05, 0) is 69.1 Å². The molecule has 0 aromatic heterocycles. The Kier molecular flexibility index (Phi) is 9.20. The molecule has 3 aliphatic rings. The summed E-state index contributed by atoms with van der Waals surface area (Å²) in [6.45, 7) is 15.9. The summed E-state index contributed by atoms with van der Waals surface area (Å²) in [4.78, 5) is 60.0. The van der Waals surface area contributed by atoms with Gasteiger partial charge in [-0.15, -0.1) is 0 Å². The average molecular weight is 618 g/mol. The smallest absolute Gasteiger partial charge is 0.407 e. The number of hydrazine groups is 1. The zero-order valence-corrected chi connectivity index (χ0v) is 27.6. The average Bonchev–Trinajstić information content (AvgIpc) is 3.62. The van der Waals surface area contributed by atoms with Crippen molar-refractivity contribution in [3.63, 3.8) is 0 Å². The van der Waals surface area contributed by atoms with E-state index in [-0.39, 0.29) is 35.7 Å². The van der Waals surface area contributed by atoms with Crippen LogP contribution in [0.3, 0.4) is 0 Å². The molecule has 3 atom stereocenters. The SMILES string of the molecule is CC(C)(C)OC(=O)NC[C@@H](O[Si](C)(C)C(C)(C)C)C(=O)NNC(=O)[C@@H]1CC2(CC2)[C@H]2CN1C(=O)N2OCc1ccccc1. The molecule has 3 fully saturated rings. The number of piperidine rings is 1. The topological polar surface area (TPSA) is 139 Å². The quantitative estimate of drug-likeness (QED) is 0.283. The third kappa shape index (κ3) is 7.68. The monoisotopic (exact) mass is 617 g/mol. The molecule has 2 heterocycles. The van der Waals surface area contributed by atoms with E-state index in [4.69, 9.17) is 14.0 Å². The zero-order valence-electron chi connectivity index (χ0n) is 26.6. The molecule has 43 heavy (non-hydrogen) atoms. The first-order valence-corrected chi connectivity index (χ1v) is 17.8. The number of hydrogen-bond acceptors (Lipinski definition) is 7. The van der Waals surface area contributed by atoms with Crippen LogP contribution in [0.5, 0.6) is 0 Å². The lowest BCUT2D eigenvalue weighted by molar-refractivity contribution is -0.153. The van der Waals surface area contributed by atoms with Gasteiger partial charge in [0.2, 0.25) is 0 Å². The van der Waals surface area contributed by atoms with E-state index >= 15 is 0 Å². The second kappa shape index (κ2) is 12.1. The molecule has 0 unspecified atom stereocenters. The fourth-order valence-electron chi connectivity index (χ4n) is 5.23. The van der Waals surface area contributed by atoms with E-state index in [2.05, 4.69) is 16.2 Å². The molecule has 238 valence electrons. The molecule has 4 rings (SSSR count). The van der Waals surface area contributed by atoms with Crippen molar-refractivity contribution >= 4 is 32.3 Å². The van der Waals surface area contributed by atoms with Crippen molar-refractivity contribution in [1.29, 1.82) is 0 Å². The van der Waals surface area contributed by atoms with Crippen LogP contribution in [-0.4, -0.2) is 79.1 Å². The van der Waals surface area contributed by atoms with Gasteiger partial charge in [-0.3, -0.25) is 25.3 Å². The van der Waals surface area contributed by atoms with Crippen molar-refractivity contribution in [3.05, 3.63) is 35.9 Å². The van der Waals surface area contributed by atoms with Gasteiger partial charge in [0, 0.05) is 6.54 Å². The zero-order chi connectivity index (χ0) is 31.8. The number of benzene rings is 1. The summed E-state index contributed by atoms with van der Waals surface area (Å²) in [5.74, 6) is -1.09. The van der Waals surface area contributed by atoms with E-state index in [9.17, 15) is 19.2 Å². The highest BCUT2D eigenvalue weighted by atomic mass is 28.4. The van der Waals surface area contributed by atoms with Crippen LogP contribution in [0.25, 0.3) is 0 Å². The third-order valence-electron chi connectivity index (χ3n) is 8.85. The van der Waals surface area contributed by atoms with E-state index in [0.717, 1.165) is 18.4 Å². The molecule has 3 N–H and O–H groups in total. The first-order valence-electron chi connectivity index (χ1n) is 14.9. The highest BCUT2D eigenvalue weighted by Crippen LogP contribution is 2.59. The maximum atomic E-state index is 13.4. The van der Waals surface area contributed by atoms with Crippen molar-refractivity contribution in [2.75, 3.05) is 13.1 Å². The van der Waals surface area contributed by atoms with Crippen LogP contribution < -0.4 is 16.2 Å². The molecule has 2 aliphatic heterocycles. The second-order valence-corrected chi connectivity index (χ2v) is 19.1. The van der Waals surface area contributed by atoms with Crippen LogP contribution in [0.1, 0.15) is 66.4 Å². The maximum absolute atomic E-state index is 13.4. The molecular weight excluding hydrogens is 570 g/mol. The van der Waals surface area contributed by atoms with Crippen LogP contribution >= 0.6 is 0 Å². The van der Waals surface area contributed by atoms with Crippen LogP contribution in [-0.2, 0) is 30.2 Å². The molecule has 2 saturated heterocycles. The molecule has 1 aliphatic carbocycles. The van der Waals surface area contributed by atoms with Crippen LogP contribution in [0.15, 0.2) is 30.3 Å². The van der Waals surface area contributed by atoms with Gasteiger partial charge in [-0.1, -0.05) is 51.1 Å². The predicted molar refractivity (Wildman–Crippen MR) is 162 cm³/mol. The summed E-state index contributed by atoms with van der Waals surface area (Å²) in [6.07, 6.45) is 0.541. The summed E-state index contributed by atoms with van der Waals surface area (Å²) < 4.78 is 11.6. The number of amides is 5. The Labute approximate surface area is 255 Å². The van der Waals surface area contributed by atoms with E-state index < -0.39 is 44.0 Å². The summed E-state index contributed by atoms with van der Waals surface area (Å²) >= 11 is 0. The number of carbonyl (C=O) groups excluding carboxylic acids is 4. The number of fused-ring (bicyclic) bond motifs is 3. The number of alkyl carbamates (subject to hydrolysis) is 1. The standard InChI is InChI=1S/C30H47N5O7Si/c1-28(2,3)41-26(38)31-17-22(42-43(7,8)29(4,5)6)25(37)33-32-24(36)21-16-30(14-15-30)23-18-34(21)27(39)35(23)40-19-20-12-10-9-11-13-20/h9-13,21-23H,14-19H2,1-8H3,(H,31,38)(H,32,36)(H,33,37)/t21-,22+,23+/m0/s1. The van der Waals surface area contributed by atoms with Crippen molar-refractivity contribution in [2.24, 2.45) is 5.41 Å². The second-order valence-electron chi connectivity index (χ2n) is 14.3. The van der Waals surface area contributed by atoms with Gasteiger partial charge >= 0.3 is 12.1 Å². The number of hydroxylamine groups is 2. The van der Waals surface area contributed by atoms with Crippen molar-refractivity contribution in [1.82, 2.24) is 26.1 Å². The molecule has 1 aromatic rings. The summed E-state index contributed by atoms with van der Waals surface area (Å²) in [7, 11) is -2.45. The fourth-order valence-corrected chi connectivity index (χ4v) is 6.48. The number of carbonyl (C=O) groups is 4. The first-order chi connectivity index (χ1) is 19.9. The minimum absolute atomic E-state index is 0.122. The highest BCUT2D eigenvalue weighted by Gasteiger charge is 2.64. The minimum Gasteiger partial charge on any atom is -0.444 e. The maximum Gasteiger partial charge on any atom is 0.407 e. The molecule has 12 nitrogen and oxygen atoms in total. The number of nitrogens with one attached hydrogen (secondary N) is 3. The summed E-state index contributed by atoms with van der Waals surface area (Å²) in [5.41, 5.74) is 5.07. The Bertz CT molecular complexity index is 1210. The number of nitrogens with zero attached hydrogens (tertiary/aromatic N) is 2. The van der Waals surface area contributed by atoms with Gasteiger partial charge in [0.25, 0.3) is 11.8 Å². The molecule has 0 radical (unpaired) electrons. The largest absolute Gasteiger partial charge is 0.444 e. The van der Waals surface area contributed by atoms with Crippen LogP contribution in [0.4, 0.5) is 9.59 Å². The van der Waals surface area contributed by atoms with Crippen molar-refractivity contribution in [3.8, 4) is 0 Å². The number of hydrogen-bond donors (Lipinski definition) is 3. The Balaban J connectivity index is 1.39. The first kappa shape index (κ1) is 32.7. The normalized spacial score (nSPS) is 21.8. The van der Waals surface area contributed by atoms with E-state index in [1.54, 1.807) is 20.8 Å². The van der Waals surface area contributed by atoms with Crippen molar-refractivity contribution in [2.45, 2.75) is 109 Å². The Hall–Kier alpha value is -3.16. The molecule has 5 amide bonds. The molecule has 1 spiro atoms. The lowest BCUT2D eigenvalue weighted by Gasteiger charge is -2.39. The van der Waals surface area contributed by atoms with E-state index in [1.165, 1.54) is 9.96 Å². The van der Waals surface area contributed by atoms with Crippen molar-refractivity contribution < 1.29 is 33.2 Å².